The SMILES string of the molecule is NC(=O)CO.c1ccc2c(c1)c1cn2-1. The van der Waals surface area contributed by atoms with Crippen LogP contribution in [0.4, 0.5) is 0 Å². The quantitative estimate of drug-likeness (QED) is 0.583. The van der Waals surface area contributed by atoms with Crippen molar-refractivity contribution in [1.29, 1.82) is 0 Å². The second kappa shape index (κ2) is 3.16. The van der Waals surface area contributed by atoms with Gasteiger partial charge < -0.3 is 15.4 Å². The molecule has 0 radical (unpaired) electrons. The van der Waals surface area contributed by atoms with Crippen molar-refractivity contribution in [3.05, 3.63) is 30.5 Å². The third-order valence-corrected chi connectivity index (χ3v) is 2.04. The fraction of sp³-hybridized carbons (Fsp3) is 0.100. The van der Waals surface area contributed by atoms with Gasteiger partial charge in [-0.05, 0) is 6.07 Å². The molecule has 0 saturated carbocycles. The Balaban J connectivity index is 0.000000132. The minimum Gasteiger partial charge on any atom is -0.387 e. The molecule has 4 heteroatoms. The van der Waals surface area contributed by atoms with Crippen molar-refractivity contribution in [3.8, 4) is 5.69 Å². The average Bonchev–Trinajstić information content (AvgIpc) is 2.90. The van der Waals surface area contributed by atoms with E-state index in [0.29, 0.717) is 0 Å². The average molecular weight is 190 g/mol. The van der Waals surface area contributed by atoms with Crippen LogP contribution in [0.3, 0.4) is 0 Å². The lowest BCUT2D eigenvalue weighted by Gasteiger charge is -2.02. The second-order valence-corrected chi connectivity index (χ2v) is 3.03. The van der Waals surface area contributed by atoms with Crippen molar-refractivity contribution in [3.63, 3.8) is 0 Å². The summed E-state index contributed by atoms with van der Waals surface area (Å²) in [4.78, 5) is 9.34. The smallest absolute Gasteiger partial charge is 0.243 e. The van der Waals surface area contributed by atoms with Gasteiger partial charge in [0.2, 0.25) is 5.91 Å². The molecule has 0 aromatic heterocycles. The molecule has 0 bridgehead atoms. The Labute approximate surface area is 80.6 Å². The number of carbonyl (C=O) groups is 1. The van der Waals surface area contributed by atoms with Gasteiger partial charge in [0, 0.05) is 11.6 Å². The van der Waals surface area contributed by atoms with E-state index in [1.807, 2.05) is 0 Å². The molecule has 0 spiro atoms. The minimum atomic E-state index is -0.690. The Morgan fingerprint density at radius 1 is 1.43 bits per heavy atom. The highest BCUT2D eigenvalue weighted by Gasteiger charge is 2.20. The van der Waals surface area contributed by atoms with E-state index >= 15 is 0 Å². The number of rotatable bonds is 1. The van der Waals surface area contributed by atoms with E-state index < -0.39 is 12.5 Å². The van der Waals surface area contributed by atoms with Gasteiger partial charge >= 0.3 is 0 Å². The van der Waals surface area contributed by atoms with Crippen molar-refractivity contribution in [2.24, 2.45) is 5.73 Å². The number of primary amides is 1. The van der Waals surface area contributed by atoms with E-state index in [2.05, 4.69) is 40.8 Å². The Bertz CT molecular complexity index is 452. The predicted molar refractivity (Wildman–Crippen MR) is 53.1 cm³/mol. The fourth-order valence-corrected chi connectivity index (χ4v) is 1.34. The minimum absolute atomic E-state index is 0.556. The first-order chi connectivity index (χ1) is 6.74. The summed E-state index contributed by atoms with van der Waals surface area (Å²) in [6.45, 7) is -0.556. The summed E-state index contributed by atoms with van der Waals surface area (Å²) < 4.78 is 2.20. The molecule has 2 heterocycles. The van der Waals surface area contributed by atoms with Crippen LogP contribution in [-0.2, 0) is 4.79 Å². The van der Waals surface area contributed by atoms with E-state index in [1.54, 1.807) is 0 Å². The molecule has 3 rings (SSSR count). The molecule has 0 atom stereocenters. The van der Waals surface area contributed by atoms with Gasteiger partial charge in [-0.1, -0.05) is 18.2 Å². The van der Waals surface area contributed by atoms with Crippen molar-refractivity contribution in [2.45, 2.75) is 0 Å². The number of aliphatic hydroxyl groups is 1. The summed E-state index contributed by atoms with van der Waals surface area (Å²) in [6, 6.07) is 8.45. The lowest BCUT2D eigenvalue weighted by Crippen LogP contribution is -2.14. The molecule has 14 heavy (non-hydrogen) atoms. The number of nitrogens with two attached hydrogens (primary N) is 1. The number of hydrogen-bond donors (Lipinski definition) is 2. The van der Waals surface area contributed by atoms with Gasteiger partial charge in [-0.25, -0.2) is 0 Å². The van der Waals surface area contributed by atoms with Crippen LogP contribution in [0.2, 0.25) is 0 Å². The molecule has 0 aliphatic carbocycles. The zero-order chi connectivity index (χ0) is 10.1. The molecule has 4 nitrogen and oxygen atoms in total. The van der Waals surface area contributed by atoms with E-state index in [-0.39, 0.29) is 0 Å². The molecule has 1 aromatic rings. The van der Waals surface area contributed by atoms with Crippen molar-refractivity contribution < 1.29 is 9.90 Å². The van der Waals surface area contributed by atoms with E-state index in [4.69, 9.17) is 5.11 Å². The molecular formula is C10H10N2O2. The number of fused-ring (bicyclic) bond motifs is 4. The van der Waals surface area contributed by atoms with Crippen LogP contribution in [0.5, 0.6) is 0 Å². The van der Waals surface area contributed by atoms with Crippen LogP contribution in [0, 0.1) is 0 Å². The molecule has 0 saturated heterocycles. The van der Waals surface area contributed by atoms with Gasteiger partial charge in [0.15, 0.2) is 0 Å². The van der Waals surface area contributed by atoms with Crippen LogP contribution in [0.15, 0.2) is 30.5 Å². The van der Waals surface area contributed by atoms with E-state index in [1.165, 1.54) is 16.6 Å². The third kappa shape index (κ3) is 1.36. The first kappa shape index (κ1) is 8.77. The van der Waals surface area contributed by atoms with E-state index in [9.17, 15) is 4.79 Å². The summed E-state index contributed by atoms with van der Waals surface area (Å²) in [5, 5.41) is 9.08. The molecule has 72 valence electrons. The van der Waals surface area contributed by atoms with Gasteiger partial charge in [0.25, 0.3) is 0 Å². The predicted octanol–water partition coefficient (Wildman–Crippen LogP) is 0.408. The zero-order valence-corrected chi connectivity index (χ0v) is 7.47. The molecule has 2 aliphatic rings. The van der Waals surface area contributed by atoms with Crippen molar-refractivity contribution >= 4 is 16.8 Å². The van der Waals surface area contributed by atoms with Crippen LogP contribution in [-0.4, -0.2) is 22.2 Å². The normalized spacial score (nSPS) is 10.6. The van der Waals surface area contributed by atoms with Gasteiger partial charge in [0.05, 0.1) is 11.2 Å². The standard InChI is InChI=1S/C8H5N.C2H5NO2/c1-2-4-7-6(3-1)8-5-9(7)8;3-2(5)1-4/h1-5H;4H,1H2,(H2,3,5). The molecular weight excluding hydrogens is 180 g/mol. The molecule has 1 amide bonds. The third-order valence-electron chi connectivity index (χ3n) is 2.04. The van der Waals surface area contributed by atoms with Gasteiger partial charge in [-0.15, -0.1) is 0 Å². The van der Waals surface area contributed by atoms with Gasteiger partial charge in [-0.3, -0.25) is 4.79 Å². The fourth-order valence-electron chi connectivity index (χ4n) is 1.34. The van der Waals surface area contributed by atoms with Gasteiger partial charge in [-0.2, -0.15) is 0 Å². The number of aliphatic hydroxyl groups excluding tert-OH is 1. The Kier molecular flexibility index (Phi) is 1.98. The highest BCUT2D eigenvalue weighted by Crippen LogP contribution is 2.37. The monoisotopic (exact) mass is 190 g/mol. The Morgan fingerprint density at radius 3 is 2.64 bits per heavy atom. The summed E-state index contributed by atoms with van der Waals surface area (Å²) in [5.41, 5.74) is 7.18. The summed E-state index contributed by atoms with van der Waals surface area (Å²) in [5.74, 6) is -0.690. The number of hydrogen-bond acceptors (Lipinski definition) is 2. The molecule has 3 N–H and O–H groups in total. The first-order valence-corrected chi connectivity index (χ1v) is 4.23. The maximum Gasteiger partial charge on any atom is 0.243 e. The molecule has 1 aromatic carbocycles. The van der Waals surface area contributed by atoms with Crippen LogP contribution in [0.25, 0.3) is 16.6 Å². The summed E-state index contributed by atoms with van der Waals surface area (Å²) >= 11 is 0. The number of amides is 1. The zero-order valence-electron chi connectivity index (χ0n) is 7.47. The number of para-hydroxylation sites is 1. The van der Waals surface area contributed by atoms with Crippen molar-refractivity contribution in [2.75, 3.05) is 6.61 Å². The second-order valence-electron chi connectivity index (χ2n) is 3.03. The maximum absolute atomic E-state index is 9.34. The summed E-state index contributed by atoms with van der Waals surface area (Å²) in [6.07, 6.45) is 2.16. The van der Waals surface area contributed by atoms with Crippen LogP contribution < -0.4 is 5.73 Å². The number of carbonyl (C=O) groups excluding carboxylic acids is 1. The Morgan fingerprint density at radius 2 is 2.07 bits per heavy atom. The number of nitrogens with zero attached hydrogens (tertiary/aromatic N) is 1. The Hall–Kier alpha value is -1.81. The molecule has 0 fully saturated rings. The maximum atomic E-state index is 9.34. The van der Waals surface area contributed by atoms with Crippen LogP contribution >= 0.6 is 0 Å². The topological polar surface area (TPSA) is 68.2 Å². The number of benzene rings is 1. The highest BCUT2D eigenvalue weighted by molar-refractivity contribution is 6.00. The largest absolute Gasteiger partial charge is 0.387 e. The lowest BCUT2D eigenvalue weighted by molar-refractivity contribution is -0.120. The van der Waals surface area contributed by atoms with Crippen LogP contribution in [0.1, 0.15) is 0 Å². The first-order valence-electron chi connectivity index (χ1n) is 4.23. The molecule has 2 aliphatic heterocycles. The van der Waals surface area contributed by atoms with Crippen molar-refractivity contribution in [1.82, 2.24) is 4.57 Å². The number of aromatic nitrogens is 1. The van der Waals surface area contributed by atoms with E-state index in [0.717, 1.165) is 0 Å². The summed E-state index contributed by atoms with van der Waals surface area (Å²) in [7, 11) is 0. The highest BCUT2D eigenvalue weighted by atomic mass is 16.3. The van der Waals surface area contributed by atoms with Gasteiger partial charge in [0.1, 0.15) is 6.61 Å². The lowest BCUT2D eigenvalue weighted by atomic mass is 10.2. The molecule has 0 unspecified atom stereocenters.